The van der Waals surface area contributed by atoms with Crippen molar-refractivity contribution in [2.75, 3.05) is 41.3 Å². The van der Waals surface area contributed by atoms with Crippen molar-refractivity contribution in [3.63, 3.8) is 0 Å². The average molecular weight is 695 g/mol. The van der Waals surface area contributed by atoms with Crippen molar-refractivity contribution in [3.8, 4) is 0 Å². The Morgan fingerprint density at radius 3 is 0.558 bits per heavy atom. The minimum atomic E-state index is -3.91. The van der Waals surface area contributed by atoms with Crippen molar-refractivity contribution in [1.29, 1.82) is 0 Å². The maximum Gasteiger partial charge on any atom is 4.00 e. The third kappa shape index (κ3) is 40.5. The molecule has 0 aromatic heterocycles. The molecule has 0 heterocycles. The van der Waals surface area contributed by atoms with Gasteiger partial charge in [-0.3, -0.25) is 0 Å². The smallest absolute Gasteiger partial charge is 0.793 e. The first-order valence-corrected chi connectivity index (χ1v) is 18.0. The molecule has 13 heteroatoms. The second kappa shape index (κ2) is 18.8. The van der Waals surface area contributed by atoms with E-state index in [1.807, 2.05) is 125 Å². The van der Waals surface area contributed by atoms with E-state index in [1.165, 1.54) is 0 Å². The van der Waals surface area contributed by atoms with E-state index < -0.39 is 51.7 Å². The molecule has 0 bridgehead atoms. The molecule has 0 aromatic carbocycles. The fourth-order valence-corrected chi connectivity index (χ4v) is 7.52. The van der Waals surface area contributed by atoms with E-state index in [9.17, 15) is 9.59 Å². The standard InChI is InChI=1S/2C12H27O4Si.C6H16N2.Cr/c2*1-10(2,3)14-17(13,15-11(4,5)6)16-12(7,8)9;1-7(2)5-6-8(3)4;/h2*1-9H3;5-6H2,1-4H3;/q2*-1;;+4. The van der Waals surface area contributed by atoms with Crippen LogP contribution in [0.2, 0.25) is 0 Å². The molecule has 0 aliphatic heterocycles. The van der Waals surface area contributed by atoms with E-state index in [1.54, 1.807) is 0 Å². The molecule has 0 atom stereocenters. The largest absolute Gasteiger partial charge is 4.00 e. The summed E-state index contributed by atoms with van der Waals surface area (Å²) < 4.78 is 33.1. The Morgan fingerprint density at radius 1 is 0.372 bits per heavy atom. The van der Waals surface area contributed by atoms with Crippen LogP contribution in [0.15, 0.2) is 0 Å². The van der Waals surface area contributed by atoms with Crippen LogP contribution in [0, 0.1) is 0 Å². The van der Waals surface area contributed by atoms with Crippen molar-refractivity contribution >= 4 is 18.1 Å². The number of hydrogen-bond acceptors (Lipinski definition) is 10. The van der Waals surface area contributed by atoms with Gasteiger partial charge in [0.25, 0.3) is 0 Å². The number of likely N-dealkylation sites (N-methyl/N-ethyl adjacent to an activating group) is 2. The van der Waals surface area contributed by atoms with Crippen molar-refractivity contribution in [3.05, 3.63) is 0 Å². The van der Waals surface area contributed by atoms with Gasteiger partial charge in [0.2, 0.25) is 0 Å². The van der Waals surface area contributed by atoms with Crippen LogP contribution in [0.4, 0.5) is 0 Å². The summed E-state index contributed by atoms with van der Waals surface area (Å²) in [6, 6.07) is 0. The molecule has 0 aliphatic rings. The SMILES string of the molecule is CC(C)(C)O[Si]([O-])(OC(C)(C)C)OC(C)(C)C.CC(C)(C)O[Si]([O-])(OC(C)(C)C)OC(C)(C)C.CN(C)CCN(C)C.[Cr+4]. The molecule has 0 aliphatic carbocycles. The van der Waals surface area contributed by atoms with Gasteiger partial charge in [0.15, 0.2) is 0 Å². The van der Waals surface area contributed by atoms with E-state index in [0.29, 0.717) is 0 Å². The molecule has 0 spiro atoms. The molecular weight excluding hydrogens is 625 g/mol. The summed E-state index contributed by atoms with van der Waals surface area (Å²) >= 11 is 0. The van der Waals surface area contributed by atoms with Crippen molar-refractivity contribution in [1.82, 2.24) is 9.80 Å². The van der Waals surface area contributed by atoms with Crippen LogP contribution in [-0.2, 0) is 43.9 Å². The third-order valence-electron chi connectivity index (χ3n) is 3.58. The molecular formula is C30H70CrN2O8Si2+2. The van der Waals surface area contributed by atoms with Crippen molar-refractivity contribution < 1.29 is 53.5 Å². The number of hydrogen-bond donors (Lipinski definition) is 0. The molecule has 0 radical (unpaired) electrons. The van der Waals surface area contributed by atoms with Gasteiger partial charge in [-0.2, -0.15) is 0 Å². The summed E-state index contributed by atoms with van der Waals surface area (Å²) in [7, 11) is 0.536. The van der Waals surface area contributed by atoms with Gasteiger partial charge in [-0.1, -0.05) is 0 Å². The Hall–Kier alpha value is 0.566. The summed E-state index contributed by atoms with van der Waals surface area (Å²) in [4.78, 5) is 29.6. The monoisotopic (exact) mass is 694 g/mol. The van der Waals surface area contributed by atoms with Gasteiger partial charge in [0, 0.05) is 13.1 Å². The maximum atomic E-state index is 12.6. The zero-order valence-corrected chi connectivity index (χ0v) is 35.3. The van der Waals surface area contributed by atoms with Gasteiger partial charge < -0.3 is 45.9 Å². The molecule has 0 saturated heterocycles. The predicted molar refractivity (Wildman–Crippen MR) is 174 cm³/mol. The summed E-state index contributed by atoms with van der Waals surface area (Å²) in [5.41, 5.74) is -3.47. The van der Waals surface area contributed by atoms with Gasteiger partial charge in [-0.25, -0.2) is 0 Å². The first-order valence-electron chi connectivity index (χ1n) is 14.8. The van der Waals surface area contributed by atoms with Crippen LogP contribution < -0.4 is 9.59 Å². The molecule has 0 N–H and O–H groups in total. The van der Waals surface area contributed by atoms with Crippen LogP contribution in [0.3, 0.4) is 0 Å². The maximum absolute atomic E-state index is 12.6. The summed E-state index contributed by atoms with van der Waals surface area (Å²) in [6.07, 6.45) is 0. The van der Waals surface area contributed by atoms with Crippen LogP contribution in [0.25, 0.3) is 0 Å². The molecule has 260 valence electrons. The van der Waals surface area contributed by atoms with Crippen LogP contribution in [-0.4, -0.2) is 103 Å². The zero-order valence-electron chi connectivity index (χ0n) is 32.0. The summed E-state index contributed by atoms with van der Waals surface area (Å²) in [6.45, 7) is 35.1. The van der Waals surface area contributed by atoms with Gasteiger partial charge >= 0.3 is 35.5 Å². The van der Waals surface area contributed by atoms with E-state index in [2.05, 4.69) is 38.0 Å². The van der Waals surface area contributed by atoms with E-state index >= 15 is 0 Å². The molecule has 0 fully saturated rings. The van der Waals surface area contributed by atoms with Crippen LogP contribution >= 0.6 is 0 Å². The Morgan fingerprint density at radius 2 is 0.488 bits per heavy atom. The Kier molecular flexibility index (Phi) is 22.0. The molecule has 0 aromatic rings. The van der Waals surface area contributed by atoms with Crippen LogP contribution in [0.1, 0.15) is 125 Å². The van der Waals surface area contributed by atoms with Crippen molar-refractivity contribution in [2.45, 2.75) is 158 Å². The first-order chi connectivity index (χ1) is 17.9. The molecule has 10 nitrogen and oxygen atoms in total. The number of rotatable bonds is 9. The molecule has 0 unspecified atom stereocenters. The topological polar surface area (TPSA) is 108 Å². The Bertz CT molecular complexity index is 588. The molecule has 0 saturated carbocycles. The Balaban J connectivity index is -0.000000279. The normalized spacial score (nSPS) is 14.1. The van der Waals surface area contributed by atoms with Gasteiger partial charge in [-0.05, 0) is 153 Å². The minimum Gasteiger partial charge on any atom is -0.793 e. The van der Waals surface area contributed by atoms with Gasteiger partial charge in [0.05, 0.1) is 33.6 Å². The van der Waals surface area contributed by atoms with Crippen molar-refractivity contribution in [2.24, 2.45) is 0 Å². The quantitative estimate of drug-likeness (QED) is 0.319. The van der Waals surface area contributed by atoms with E-state index in [-0.39, 0.29) is 17.4 Å². The minimum absolute atomic E-state index is 0. The summed E-state index contributed by atoms with van der Waals surface area (Å²) in [5, 5.41) is 0. The molecule has 0 rings (SSSR count). The second-order valence-electron chi connectivity index (χ2n) is 16.9. The van der Waals surface area contributed by atoms with E-state index in [4.69, 9.17) is 26.6 Å². The fourth-order valence-electron chi connectivity index (χ4n) is 2.78. The fraction of sp³-hybridized carbons (Fsp3) is 1.00. The Labute approximate surface area is 280 Å². The summed E-state index contributed by atoms with van der Waals surface area (Å²) in [5.74, 6) is 0. The zero-order chi connectivity index (χ0) is 34.8. The third-order valence-corrected chi connectivity index (χ3v) is 8.76. The first kappa shape index (κ1) is 50.4. The van der Waals surface area contributed by atoms with Gasteiger partial charge in [-0.15, -0.1) is 0 Å². The average Bonchev–Trinajstić information content (AvgIpc) is 2.48. The molecule has 0 amide bonds. The van der Waals surface area contributed by atoms with Gasteiger partial charge in [0.1, 0.15) is 0 Å². The predicted octanol–water partition coefficient (Wildman–Crippen LogP) is 4.56. The number of nitrogens with zero attached hydrogens (tertiary/aromatic N) is 2. The second-order valence-corrected chi connectivity index (χ2v) is 20.1. The van der Waals surface area contributed by atoms with E-state index in [0.717, 1.165) is 13.1 Å². The van der Waals surface area contributed by atoms with Crippen LogP contribution in [0.5, 0.6) is 0 Å². The molecule has 43 heavy (non-hydrogen) atoms.